The van der Waals surface area contributed by atoms with E-state index in [0.717, 1.165) is 28.1 Å². The van der Waals surface area contributed by atoms with Crippen LogP contribution in [0, 0.1) is 6.92 Å². The summed E-state index contributed by atoms with van der Waals surface area (Å²) in [6, 6.07) is 3.83. The summed E-state index contributed by atoms with van der Waals surface area (Å²) in [6.45, 7) is 4.81. The van der Waals surface area contributed by atoms with Gasteiger partial charge in [0.05, 0.1) is 10.2 Å². The van der Waals surface area contributed by atoms with Gasteiger partial charge < -0.3 is 5.32 Å². The molecule has 1 N–H and O–H groups in total. The normalized spacial score (nSPS) is 10.3. The summed E-state index contributed by atoms with van der Waals surface area (Å²) in [5.41, 5.74) is 1.83. The van der Waals surface area contributed by atoms with E-state index >= 15 is 0 Å². The Labute approximate surface area is 109 Å². The van der Waals surface area contributed by atoms with Crippen molar-refractivity contribution in [3.05, 3.63) is 34.7 Å². The summed E-state index contributed by atoms with van der Waals surface area (Å²) >= 11 is 3.48. The Hall–Kier alpha value is -1.49. The van der Waals surface area contributed by atoms with Crippen LogP contribution in [0.3, 0.4) is 0 Å². The minimum Gasteiger partial charge on any atom is -0.369 e. The van der Waals surface area contributed by atoms with Crippen LogP contribution in [0.4, 0.5) is 5.82 Å². The molecule has 0 bridgehead atoms. The summed E-state index contributed by atoms with van der Waals surface area (Å²) in [7, 11) is 0. The molecule has 2 heterocycles. The molecule has 0 saturated heterocycles. The second-order valence-electron chi connectivity index (χ2n) is 3.57. The molecule has 0 spiro atoms. The highest BCUT2D eigenvalue weighted by atomic mass is 79.9. The molecule has 2 aromatic rings. The van der Waals surface area contributed by atoms with Crippen LogP contribution in [0.2, 0.25) is 0 Å². The largest absolute Gasteiger partial charge is 0.369 e. The Balaban J connectivity index is 2.49. The summed E-state index contributed by atoms with van der Waals surface area (Å²) in [5, 5.41) is 3.21. The van der Waals surface area contributed by atoms with Crippen LogP contribution in [-0.4, -0.2) is 21.5 Å². The predicted molar refractivity (Wildman–Crippen MR) is 71.9 cm³/mol. The quantitative estimate of drug-likeness (QED) is 0.945. The second kappa shape index (κ2) is 5.23. The number of anilines is 1. The molecular formula is C12H13BrN4. The van der Waals surface area contributed by atoms with E-state index in [-0.39, 0.29) is 0 Å². The second-order valence-corrected chi connectivity index (χ2v) is 4.36. The van der Waals surface area contributed by atoms with Crippen LogP contribution in [-0.2, 0) is 0 Å². The molecule has 0 amide bonds. The van der Waals surface area contributed by atoms with Crippen LogP contribution in [0.1, 0.15) is 12.6 Å². The Morgan fingerprint density at radius 2 is 2.18 bits per heavy atom. The van der Waals surface area contributed by atoms with Crippen LogP contribution in [0.15, 0.2) is 29.0 Å². The minimum absolute atomic E-state index is 0.690. The van der Waals surface area contributed by atoms with Gasteiger partial charge in [0, 0.05) is 24.5 Å². The predicted octanol–water partition coefficient (Wildman–Crippen LogP) is 3.04. The summed E-state index contributed by atoms with van der Waals surface area (Å²) in [6.07, 6.45) is 3.50. The zero-order valence-corrected chi connectivity index (χ0v) is 11.3. The third kappa shape index (κ3) is 2.61. The number of aryl methyl sites for hydroxylation is 1. The van der Waals surface area contributed by atoms with E-state index in [1.54, 1.807) is 12.4 Å². The summed E-state index contributed by atoms with van der Waals surface area (Å²) in [5.74, 6) is 1.51. The number of hydrogen-bond donors (Lipinski definition) is 1. The average molecular weight is 293 g/mol. The molecule has 0 unspecified atom stereocenters. The molecule has 4 nitrogen and oxygen atoms in total. The van der Waals surface area contributed by atoms with E-state index in [1.165, 1.54) is 0 Å². The van der Waals surface area contributed by atoms with Gasteiger partial charge in [-0.15, -0.1) is 0 Å². The van der Waals surface area contributed by atoms with E-state index in [1.807, 2.05) is 26.0 Å². The maximum absolute atomic E-state index is 4.48. The van der Waals surface area contributed by atoms with Gasteiger partial charge in [0.1, 0.15) is 5.82 Å². The van der Waals surface area contributed by atoms with Gasteiger partial charge in [0.25, 0.3) is 0 Å². The van der Waals surface area contributed by atoms with Crippen molar-refractivity contribution < 1.29 is 0 Å². The smallest absolute Gasteiger partial charge is 0.163 e. The third-order valence-corrected chi connectivity index (χ3v) is 3.23. The van der Waals surface area contributed by atoms with E-state index in [9.17, 15) is 0 Å². The molecule has 5 heteroatoms. The van der Waals surface area contributed by atoms with Crippen LogP contribution >= 0.6 is 15.9 Å². The molecule has 0 aliphatic heterocycles. The molecule has 2 rings (SSSR count). The van der Waals surface area contributed by atoms with Crippen molar-refractivity contribution in [1.29, 1.82) is 0 Å². The van der Waals surface area contributed by atoms with Crippen molar-refractivity contribution in [1.82, 2.24) is 15.0 Å². The highest BCUT2D eigenvalue weighted by Gasteiger charge is 2.09. The molecule has 17 heavy (non-hydrogen) atoms. The third-order valence-electron chi connectivity index (χ3n) is 2.28. The van der Waals surface area contributed by atoms with Crippen molar-refractivity contribution in [2.75, 3.05) is 11.9 Å². The number of halogens is 1. The maximum atomic E-state index is 4.48. The number of nitrogens with zero attached hydrogens (tertiary/aromatic N) is 3. The first-order chi connectivity index (χ1) is 8.22. The molecular weight excluding hydrogens is 280 g/mol. The van der Waals surface area contributed by atoms with E-state index in [2.05, 4.69) is 36.2 Å². The Morgan fingerprint density at radius 1 is 1.35 bits per heavy atom. The van der Waals surface area contributed by atoms with Crippen molar-refractivity contribution in [2.24, 2.45) is 0 Å². The molecule has 0 aromatic carbocycles. The fourth-order valence-corrected chi connectivity index (χ4v) is 1.79. The van der Waals surface area contributed by atoms with Gasteiger partial charge in [0.2, 0.25) is 0 Å². The first-order valence-corrected chi connectivity index (χ1v) is 6.20. The number of hydrogen-bond acceptors (Lipinski definition) is 4. The molecule has 0 fully saturated rings. The minimum atomic E-state index is 0.690. The number of rotatable bonds is 3. The van der Waals surface area contributed by atoms with Crippen molar-refractivity contribution >= 4 is 21.7 Å². The van der Waals surface area contributed by atoms with E-state index < -0.39 is 0 Å². The molecule has 88 valence electrons. The molecule has 0 atom stereocenters. The van der Waals surface area contributed by atoms with Gasteiger partial charge in [-0.25, -0.2) is 9.97 Å². The lowest BCUT2D eigenvalue weighted by atomic mass is 10.2. The molecule has 0 saturated carbocycles. The Kier molecular flexibility index (Phi) is 3.68. The lowest BCUT2D eigenvalue weighted by molar-refractivity contribution is 1.06. The fraction of sp³-hybridized carbons (Fsp3) is 0.250. The first kappa shape index (κ1) is 12.0. The lowest BCUT2D eigenvalue weighted by Crippen LogP contribution is -2.04. The zero-order chi connectivity index (χ0) is 12.3. The highest BCUT2D eigenvalue weighted by Crippen LogP contribution is 2.26. The van der Waals surface area contributed by atoms with Gasteiger partial charge in [-0.2, -0.15) is 0 Å². The average Bonchev–Trinajstić information content (AvgIpc) is 2.36. The van der Waals surface area contributed by atoms with Gasteiger partial charge in [-0.1, -0.05) is 0 Å². The molecule has 0 aliphatic rings. The Morgan fingerprint density at radius 3 is 2.82 bits per heavy atom. The van der Waals surface area contributed by atoms with Crippen LogP contribution in [0.5, 0.6) is 0 Å². The highest BCUT2D eigenvalue weighted by molar-refractivity contribution is 9.10. The first-order valence-electron chi connectivity index (χ1n) is 5.40. The monoisotopic (exact) mass is 292 g/mol. The fourth-order valence-electron chi connectivity index (χ4n) is 1.47. The summed E-state index contributed by atoms with van der Waals surface area (Å²) < 4.78 is 0.909. The zero-order valence-electron chi connectivity index (χ0n) is 9.74. The lowest BCUT2D eigenvalue weighted by Gasteiger charge is -2.09. The number of aromatic nitrogens is 3. The van der Waals surface area contributed by atoms with Crippen molar-refractivity contribution in [3.63, 3.8) is 0 Å². The van der Waals surface area contributed by atoms with Crippen LogP contribution < -0.4 is 5.32 Å². The van der Waals surface area contributed by atoms with Gasteiger partial charge in [-0.3, -0.25) is 4.98 Å². The van der Waals surface area contributed by atoms with Gasteiger partial charge >= 0.3 is 0 Å². The van der Waals surface area contributed by atoms with Gasteiger partial charge in [-0.05, 0) is 41.9 Å². The summed E-state index contributed by atoms with van der Waals surface area (Å²) in [4.78, 5) is 13.0. The maximum Gasteiger partial charge on any atom is 0.163 e. The van der Waals surface area contributed by atoms with Gasteiger partial charge in [0.15, 0.2) is 5.82 Å². The van der Waals surface area contributed by atoms with Crippen molar-refractivity contribution in [3.8, 4) is 11.4 Å². The number of nitrogens with one attached hydrogen (secondary N) is 1. The number of pyridine rings is 1. The molecule has 2 aromatic heterocycles. The van der Waals surface area contributed by atoms with E-state index in [4.69, 9.17) is 0 Å². The molecule has 0 radical (unpaired) electrons. The standard InChI is InChI=1S/C12H13BrN4/c1-3-15-12-10(13)8(2)16-11(17-12)9-5-4-6-14-7-9/h4-7H,3H2,1-2H3,(H,15,16,17). The van der Waals surface area contributed by atoms with Crippen LogP contribution in [0.25, 0.3) is 11.4 Å². The SMILES string of the molecule is CCNc1nc(-c2cccnc2)nc(C)c1Br. The molecule has 0 aliphatic carbocycles. The van der Waals surface area contributed by atoms with E-state index in [0.29, 0.717) is 5.82 Å². The Bertz CT molecular complexity index is 513. The topological polar surface area (TPSA) is 50.7 Å². The van der Waals surface area contributed by atoms with Crippen molar-refractivity contribution in [2.45, 2.75) is 13.8 Å².